The zero-order valence-electron chi connectivity index (χ0n) is 15.9. The Kier molecular flexibility index (Phi) is 4.65. The molecular weight excluding hydrogens is 356 g/mol. The van der Waals surface area contributed by atoms with E-state index in [2.05, 4.69) is 15.1 Å². The lowest BCUT2D eigenvalue weighted by Crippen LogP contribution is -2.24. The normalized spacial score (nSPS) is 16.2. The van der Waals surface area contributed by atoms with E-state index in [0.29, 0.717) is 17.9 Å². The first kappa shape index (κ1) is 17.9. The number of benzene rings is 2. The Hall–Kier alpha value is -3.48. The van der Waals surface area contributed by atoms with Gasteiger partial charge in [-0.05, 0) is 35.9 Å². The predicted molar refractivity (Wildman–Crippen MR) is 105 cm³/mol. The van der Waals surface area contributed by atoms with Gasteiger partial charge in [0.05, 0.1) is 37.0 Å². The third-order valence-corrected chi connectivity index (χ3v) is 4.83. The van der Waals surface area contributed by atoms with Crippen LogP contribution in [0.2, 0.25) is 0 Å². The Morgan fingerprint density at radius 2 is 1.75 bits per heavy atom. The van der Waals surface area contributed by atoms with Crippen LogP contribution in [0.4, 0.5) is 0 Å². The van der Waals surface area contributed by atoms with Gasteiger partial charge in [-0.2, -0.15) is 5.10 Å². The predicted octanol–water partition coefficient (Wildman–Crippen LogP) is 3.34. The van der Waals surface area contributed by atoms with Gasteiger partial charge < -0.3 is 9.47 Å². The lowest BCUT2D eigenvalue weighted by molar-refractivity contribution is -0.130. The number of carbonyl (C=O) groups excluding carboxylic acids is 1. The van der Waals surface area contributed by atoms with Crippen LogP contribution in [0.1, 0.15) is 30.5 Å². The van der Waals surface area contributed by atoms with E-state index < -0.39 is 0 Å². The first-order valence-corrected chi connectivity index (χ1v) is 8.91. The molecule has 142 valence electrons. The number of hydrogen-bond acceptors (Lipinski definition) is 6. The van der Waals surface area contributed by atoms with Crippen molar-refractivity contribution in [3.8, 4) is 11.5 Å². The number of ether oxygens (including phenoxy) is 2. The Balaban J connectivity index is 1.70. The summed E-state index contributed by atoms with van der Waals surface area (Å²) < 4.78 is 10.7. The first-order valence-electron chi connectivity index (χ1n) is 8.91. The Bertz CT molecular complexity index is 1080. The molecule has 0 unspecified atom stereocenters. The van der Waals surface area contributed by atoms with E-state index in [1.54, 1.807) is 26.6 Å². The van der Waals surface area contributed by atoms with E-state index in [1.807, 2.05) is 36.4 Å². The maximum Gasteiger partial charge on any atom is 0.240 e. The molecule has 1 aromatic heterocycles. The molecule has 0 aliphatic carbocycles. The molecule has 2 heterocycles. The number of aromatic nitrogens is 2. The van der Waals surface area contributed by atoms with Crippen LogP contribution in [0.15, 0.2) is 53.9 Å². The number of carbonyl (C=O) groups is 1. The molecule has 4 rings (SSSR count). The third kappa shape index (κ3) is 3.15. The quantitative estimate of drug-likeness (QED) is 0.698. The minimum atomic E-state index is -0.188. The summed E-state index contributed by atoms with van der Waals surface area (Å²) in [6.07, 6.45) is 3.92. The highest BCUT2D eigenvalue weighted by atomic mass is 16.5. The van der Waals surface area contributed by atoms with Crippen molar-refractivity contribution in [1.29, 1.82) is 0 Å². The second-order valence-electron chi connectivity index (χ2n) is 6.50. The maximum atomic E-state index is 12.2. The lowest BCUT2D eigenvalue weighted by atomic mass is 9.97. The van der Waals surface area contributed by atoms with E-state index >= 15 is 0 Å². The summed E-state index contributed by atoms with van der Waals surface area (Å²) in [5.41, 5.74) is 4.30. The maximum absolute atomic E-state index is 12.2. The molecule has 2 aromatic carbocycles. The molecule has 1 atom stereocenters. The Labute approximate surface area is 162 Å². The fourth-order valence-electron chi connectivity index (χ4n) is 3.44. The van der Waals surface area contributed by atoms with E-state index in [0.717, 1.165) is 27.9 Å². The van der Waals surface area contributed by atoms with Gasteiger partial charge in [0.1, 0.15) is 0 Å². The van der Waals surface area contributed by atoms with Gasteiger partial charge in [0, 0.05) is 31.3 Å². The van der Waals surface area contributed by atoms with Crippen molar-refractivity contribution in [3.05, 3.63) is 59.9 Å². The van der Waals surface area contributed by atoms with Gasteiger partial charge in [-0.25, -0.2) is 5.01 Å². The van der Waals surface area contributed by atoms with Crippen molar-refractivity contribution in [2.75, 3.05) is 14.2 Å². The van der Waals surface area contributed by atoms with Gasteiger partial charge in [-0.1, -0.05) is 6.07 Å². The van der Waals surface area contributed by atoms with Gasteiger partial charge in [-0.15, -0.1) is 0 Å². The first-order chi connectivity index (χ1) is 13.6. The smallest absolute Gasteiger partial charge is 0.240 e. The summed E-state index contributed by atoms with van der Waals surface area (Å²) in [6.45, 7) is 1.52. The molecule has 1 aliphatic heterocycles. The number of hydrogen-bond donors (Lipinski definition) is 0. The topological polar surface area (TPSA) is 76.9 Å². The summed E-state index contributed by atoms with van der Waals surface area (Å²) in [7, 11) is 3.19. The van der Waals surface area contributed by atoms with Crippen molar-refractivity contribution in [2.45, 2.75) is 19.4 Å². The molecule has 7 nitrogen and oxygen atoms in total. The van der Waals surface area contributed by atoms with Crippen LogP contribution in [-0.2, 0) is 4.79 Å². The molecule has 1 aliphatic rings. The summed E-state index contributed by atoms with van der Waals surface area (Å²) >= 11 is 0. The number of methoxy groups -OCH3 is 2. The summed E-state index contributed by atoms with van der Waals surface area (Å²) in [5, 5.41) is 6.13. The number of amides is 1. The molecule has 0 radical (unpaired) electrons. The van der Waals surface area contributed by atoms with Crippen LogP contribution in [0.25, 0.3) is 11.0 Å². The zero-order valence-corrected chi connectivity index (χ0v) is 15.9. The highest BCUT2D eigenvalue weighted by Crippen LogP contribution is 2.35. The van der Waals surface area contributed by atoms with Crippen LogP contribution in [-0.4, -0.2) is 40.8 Å². The van der Waals surface area contributed by atoms with Gasteiger partial charge in [0.25, 0.3) is 0 Å². The largest absolute Gasteiger partial charge is 0.493 e. The number of rotatable bonds is 4. The SMILES string of the molecule is COc1ccc(C2=NN(C(C)=O)[C@@H](c3ccc4nccnc4c3)C2)cc1OC. The third-order valence-electron chi connectivity index (χ3n) is 4.83. The number of fused-ring (bicyclic) bond motifs is 1. The molecule has 28 heavy (non-hydrogen) atoms. The highest BCUT2D eigenvalue weighted by molar-refractivity contribution is 6.03. The zero-order chi connectivity index (χ0) is 19.7. The second kappa shape index (κ2) is 7.26. The van der Waals surface area contributed by atoms with Gasteiger partial charge >= 0.3 is 0 Å². The van der Waals surface area contributed by atoms with Gasteiger partial charge in [0.2, 0.25) is 5.91 Å². The fourth-order valence-corrected chi connectivity index (χ4v) is 3.44. The number of nitrogens with zero attached hydrogens (tertiary/aromatic N) is 4. The van der Waals surface area contributed by atoms with Gasteiger partial charge in [0.15, 0.2) is 11.5 Å². The molecular formula is C21H20N4O3. The minimum absolute atomic E-state index is 0.111. The summed E-state index contributed by atoms with van der Waals surface area (Å²) in [4.78, 5) is 20.9. The van der Waals surface area contributed by atoms with E-state index in [1.165, 1.54) is 11.9 Å². The van der Waals surface area contributed by atoms with Crippen LogP contribution < -0.4 is 9.47 Å². The van der Waals surface area contributed by atoms with E-state index in [-0.39, 0.29) is 11.9 Å². The Morgan fingerprint density at radius 3 is 2.46 bits per heavy atom. The monoisotopic (exact) mass is 376 g/mol. The molecule has 0 N–H and O–H groups in total. The molecule has 0 saturated heterocycles. The fraction of sp³-hybridized carbons (Fsp3) is 0.238. The van der Waals surface area contributed by atoms with E-state index in [4.69, 9.17) is 9.47 Å². The van der Waals surface area contributed by atoms with E-state index in [9.17, 15) is 4.79 Å². The van der Waals surface area contributed by atoms with Gasteiger partial charge in [-0.3, -0.25) is 14.8 Å². The lowest BCUT2D eigenvalue weighted by Gasteiger charge is -2.20. The van der Waals surface area contributed by atoms with Crippen molar-refractivity contribution < 1.29 is 14.3 Å². The molecule has 0 bridgehead atoms. The standard InChI is InChI=1S/C21H20N4O3/c1-13(26)25-19(15-4-6-16-18(10-15)23-9-8-22-16)12-17(24-25)14-5-7-20(27-2)21(11-14)28-3/h4-11,19H,12H2,1-3H3/t19-/m1/s1. The molecule has 0 spiro atoms. The van der Waals surface area contributed by atoms with Crippen molar-refractivity contribution in [1.82, 2.24) is 15.0 Å². The van der Waals surface area contributed by atoms with Crippen LogP contribution in [0, 0.1) is 0 Å². The highest BCUT2D eigenvalue weighted by Gasteiger charge is 2.32. The van der Waals surface area contributed by atoms with Crippen molar-refractivity contribution in [2.24, 2.45) is 5.10 Å². The average Bonchev–Trinajstić information content (AvgIpc) is 3.18. The molecule has 1 amide bonds. The number of hydrazone groups is 1. The van der Waals surface area contributed by atoms with Crippen LogP contribution in [0.5, 0.6) is 11.5 Å². The van der Waals surface area contributed by atoms with Crippen molar-refractivity contribution >= 4 is 22.7 Å². The molecule has 0 saturated carbocycles. The average molecular weight is 376 g/mol. The summed E-state index contributed by atoms with van der Waals surface area (Å²) in [6, 6.07) is 11.3. The van der Waals surface area contributed by atoms with Crippen LogP contribution >= 0.6 is 0 Å². The second-order valence-corrected chi connectivity index (χ2v) is 6.50. The summed E-state index contributed by atoms with van der Waals surface area (Å²) in [5.74, 6) is 1.17. The molecule has 0 fully saturated rings. The minimum Gasteiger partial charge on any atom is -0.493 e. The Morgan fingerprint density at radius 1 is 1.00 bits per heavy atom. The molecule has 3 aromatic rings. The molecule has 7 heteroatoms. The van der Waals surface area contributed by atoms with Crippen molar-refractivity contribution in [3.63, 3.8) is 0 Å². The van der Waals surface area contributed by atoms with Crippen LogP contribution in [0.3, 0.4) is 0 Å².